The van der Waals surface area contributed by atoms with Gasteiger partial charge >= 0.3 is 12.1 Å². The monoisotopic (exact) mass is 359 g/mol. The number of urea groups is 1. The van der Waals surface area contributed by atoms with Crippen LogP contribution < -0.4 is 16.0 Å². The first-order valence-corrected chi connectivity index (χ1v) is 8.79. The van der Waals surface area contributed by atoms with Gasteiger partial charge in [0.05, 0.1) is 15.7 Å². The van der Waals surface area contributed by atoms with Crippen LogP contribution in [-0.4, -0.2) is 41.3 Å². The Morgan fingerprint density at radius 2 is 1.83 bits per heavy atom. The SMILES string of the molecule is C[S@](=O)c1ccc(NC(=O)NCCNC(=O)OC(C)(C)C)cc1F. The third-order valence-corrected chi connectivity index (χ3v) is 3.53. The van der Waals surface area contributed by atoms with E-state index in [1.165, 1.54) is 18.4 Å². The molecule has 7 nitrogen and oxygen atoms in total. The summed E-state index contributed by atoms with van der Waals surface area (Å²) >= 11 is 0. The maximum absolute atomic E-state index is 13.7. The number of benzene rings is 1. The molecule has 3 N–H and O–H groups in total. The molecule has 0 aliphatic rings. The van der Waals surface area contributed by atoms with E-state index in [1.54, 1.807) is 20.8 Å². The maximum atomic E-state index is 13.7. The van der Waals surface area contributed by atoms with E-state index in [1.807, 2.05) is 0 Å². The first-order valence-electron chi connectivity index (χ1n) is 7.23. The molecule has 134 valence electrons. The van der Waals surface area contributed by atoms with Crippen molar-refractivity contribution in [1.82, 2.24) is 10.6 Å². The first-order chi connectivity index (χ1) is 11.1. The molecular formula is C15H22FN3O4S. The maximum Gasteiger partial charge on any atom is 0.407 e. The highest BCUT2D eigenvalue weighted by Gasteiger charge is 2.15. The van der Waals surface area contributed by atoms with E-state index >= 15 is 0 Å². The van der Waals surface area contributed by atoms with Crippen LogP contribution in [-0.2, 0) is 15.5 Å². The van der Waals surface area contributed by atoms with E-state index in [4.69, 9.17) is 4.74 Å². The van der Waals surface area contributed by atoms with Gasteiger partial charge in [-0.25, -0.2) is 14.0 Å². The highest BCUT2D eigenvalue weighted by molar-refractivity contribution is 7.84. The minimum atomic E-state index is -1.44. The Hall–Kier alpha value is -2.16. The van der Waals surface area contributed by atoms with Gasteiger partial charge in [0.15, 0.2) is 0 Å². The summed E-state index contributed by atoms with van der Waals surface area (Å²) in [6.45, 7) is 5.60. The molecule has 0 aliphatic heterocycles. The zero-order chi connectivity index (χ0) is 18.3. The third kappa shape index (κ3) is 7.40. The van der Waals surface area contributed by atoms with Crippen molar-refractivity contribution < 1.29 is 22.9 Å². The largest absolute Gasteiger partial charge is 0.444 e. The topological polar surface area (TPSA) is 96.5 Å². The molecule has 1 rings (SSSR count). The normalized spacial score (nSPS) is 12.2. The van der Waals surface area contributed by atoms with Crippen molar-refractivity contribution in [3.63, 3.8) is 0 Å². The molecule has 3 amide bonds. The summed E-state index contributed by atoms with van der Waals surface area (Å²) in [6, 6.07) is 3.35. The number of halogens is 1. The molecule has 0 bridgehead atoms. The van der Waals surface area contributed by atoms with Crippen LogP contribution in [0.1, 0.15) is 20.8 Å². The number of nitrogens with one attached hydrogen (secondary N) is 3. The van der Waals surface area contributed by atoms with E-state index in [-0.39, 0.29) is 23.7 Å². The number of amides is 3. The lowest BCUT2D eigenvalue weighted by Crippen LogP contribution is -2.39. The van der Waals surface area contributed by atoms with Gasteiger partial charge in [-0.3, -0.25) is 4.21 Å². The summed E-state index contributed by atoms with van der Waals surface area (Å²) < 4.78 is 29.9. The Kier molecular flexibility index (Phi) is 7.15. The molecule has 0 aliphatic carbocycles. The van der Waals surface area contributed by atoms with Gasteiger partial charge in [-0.05, 0) is 39.0 Å². The van der Waals surface area contributed by atoms with Crippen LogP contribution in [0.3, 0.4) is 0 Å². The van der Waals surface area contributed by atoms with Crippen LogP contribution >= 0.6 is 0 Å². The van der Waals surface area contributed by atoms with Gasteiger partial charge in [0.1, 0.15) is 11.4 Å². The van der Waals surface area contributed by atoms with E-state index in [2.05, 4.69) is 16.0 Å². The minimum Gasteiger partial charge on any atom is -0.444 e. The summed E-state index contributed by atoms with van der Waals surface area (Å²) in [5.74, 6) is -0.653. The Morgan fingerprint density at radius 3 is 2.38 bits per heavy atom. The fourth-order valence-electron chi connectivity index (χ4n) is 1.64. The van der Waals surface area contributed by atoms with Crippen LogP contribution in [0.5, 0.6) is 0 Å². The lowest BCUT2D eigenvalue weighted by molar-refractivity contribution is 0.0528. The Balaban J connectivity index is 2.36. The summed E-state index contributed by atoms with van der Waals surface area (Å²) in [5.41, 5.74) is -0.355. The molecule has 9 heteroatoms. The van der Waals surface area contributed by atoms with E-state index < -0.39 is 34.3 Å². The molecule has 0 spiro atoms. The number of hydrogen-bond donors (Lipinski definition) is 3. The number of carbonyl (C=O) groups excluding carboxylic acids is 2. The molecule has 1 aromatic rings. The number of carbonyl (C=O) groups is 2. The van der Waals surface area contributed by atoms with E-state index in [9.17, 15) is 18.2 Å². The highest BCUT2D eigenvalue weighted by Crippen LogP contribution is 2.16. The van der Waals surface area contributed by atoms with Crippen LogP contribution in [0, 0.1) is 5.82 Å². The molecule has 0 saturated carbocycles. The highest BCUT2D eigenvalue weighted by atomic mass is 32.2. The Morgan fingerprint density at radius 1 is 1.21 bits per heavy atom. The van der Waals surface area contributed by atoms with Gasteiger partial charge in [0.25, 0.3) is 0 Å². The van der Waals surface area contributed by atoms with Gasteiger partial charge < -0.3 is 20.7 Å². The molecule has 0 saturated heterocycles. The van der Waals surface area contributed by atoms with Crippen LogP contribution in [0.4, 0.5) is 19.7 Å². The quantitative estimate of drug-likeness (QED) is 0.702. The molecule has 0 fully saturated rings. The van der Waals surface area contributed by atoms with Crippen molar-refractivity contribution in [2.45, 2.75) is 31.3 Å². The second-order valence-corrected chi connectivity index (χ2v) is 7.26. The number of anilines is 1. The fourth-order valence-corrected chi connectivity index (χ4v) is 2.23. The number of alkyl carbamates (subject to hydrolysis) is 1. The molecule has 0 unspecified atom stereocenters. The Labute approximate surface area is 142 Å². The lowest BCUT2D eigenvalue weighted by Gasteiger charge is -2.19. The van der Waals surface area contributed by atoms with Crippen LogP contribution in [0.25, 0.3) is 0 Å². The summed E-state index contributed by atoms with van der Waals surface area (Å²) in [4.78, 5) is 23.1. The second-order valence-electron chi connectivity index (χ2n) is 5.91. The predicted octanol–water partition coefficient (Wildman–Crippen LogP) is 2.21. The summed E-state index contributed by atoms with van der Waals surface area (Å²) in [5, 5.41) is 7.44. The van der Waals surface area contributed by atoms with E-state index in [0.29, 0.717) is 0 Å². The first kappa shape index (κ1) is 19.9. The average Bonchev–Trinajstić information content (AvgIpc) is 2.41. The summed E-state index contributed by atoms with van der Waals surface area (Å²) in [7, 11) is -1.44. The average molecular weight is 359 g/mol. The smallest absolute Gasteiger partial charge is 0.407 e. The van der Waals surface area contributed by atoms with Gasteiger partial charge in [-0.2, -0.15) is 0 Å². The van der Waals surface area contributed by atoms with Gasteiger partial charge in [-0.1, -0.05) is 0 Å². The predicted molar refractivity (Wildman–Crippen MR) is 90.0 cm³/mol. The van der Waals surface area contributed by atoms with Crippen LogP contribution in [0.2, 0.25) is 0 Å². The van der Waals surface area contributed by atoms with Crippen molar-refractivity contribution in [1.29, 1.82) is 0 Å². The molecule has 0 heterocycles. The van der Waals surface area contributed by atoms with Crippen molar-refractivity contribution in [3.05, 3.63) is 24.0 Å². The minimum absolute atomic E-state index is 0.0718. The zero-order valence-corrected chi connectivity index (χ0v) is 14.9. The molecular weight excluding hydrogens is 337 g/mol. The second kappa shape index (κ2) is 8.62. The number of rotatable bonds is 5. The van der Waals surface area contributed by atoms with Gasteiger partial charge in [-0.15, -0.1) is 0 Å². The van der Waals surface area contributed by atoms with E-state index in [0.717, 1.165) is 6.07 Å². The van der Waals surface area contributed by atoms with Crippen molar-refractivity contribution in [2.24, 2.45) is 0 Å². The van der Waals surface area contributed by atoms with Crippen molar-refractivity contribution in [2.75, 3.05) is 24.7 Å². The molecule has 0 radical (unpaired) electrons. The number of ether oxygens (including phenoxy) is 1. The lowest BCUT2D eigenvalue weighted by atomic mass is 10.2. The van der Waals surface area contributed by atoms with Crippen molar-refractivity contribution in [3.8, 4) is 0 Å². The van der Waals surface area contributed by atoms with Crippen molar-refractivity contribution >= 4 is 28.6 Å². The van der Waals surface area contributed by atoms with Gasteiger partial charge in [0.2, 0.25) is 0 Å². The standard InChI is InChI=1S/C15H22FN3O4S/c1-15(2,3)23-14(21)18-8-7-17-13(20)19-10-5-6-12(24(4)22)11(16)9-10/h5-6,9H,7-8H2,1-4H3,(H,18,21)(H2,17,19,20)/t24-/m0/s1. The Bertz CT molecular complexity index is 632. The molecule has 1 aromatic carbocycles. The zero-order valence-electron chi connectivity index (χ0n) is 14.1. The van der Waals surface area contributed by atoms with Crippen LogP contribution in [0.15, 0.2) is 23.1 Å². The summed E-state index contributed by atoms with van der Waals surface area (Å²) in [6.07, 6.45) is 0.797. The van der Waals surface area contributed by atoms with Gasteiger partial charge in [0, 0.05) is 25.0 Å². The fraction of sp³-hybridized carbons (Fsp3) is 0.467. The molecule has 24 heavy (non-hydrogen) atoms. The number of hydrogen-bond acceptors (Lipinski definition) is 4. The third-order valence-electron chi connectivity index (χ3n) is 2.58. The molecule has 0 aromatic heterocycles. The molecule has 1 atom stereocenters.